The minimum Gasteiger partial charge on any atom is -0.481 e. The third-order valence-electron chi connectivity index (χ3n) is 4.51. The van der Waals surface area contributed by atoms with Gasteiger partial charge in [-0.2, -0.15) is 0 Å². The van der Waals surface area contributed by atoms with Crippen LogP contribution in [0, 0.1) is 5.92 Å². The molecular weight excluding hydrogens is 236 g/mol. The van der Waals surface area contributed by atoms with Crippen molar-refractivity contribution in [1.29, 1.82) is 0 Å². The molecule has 5 atom stereocenters. The van der Waals surface area contributed by atoms with Crippen molar-refractivity contribution in [3.63, 3.8) is 0 Å². The lowest BCUT2D eigenvalue weighted by atomic mass is 9.89. The van der Waals surface area contributed by atoms with Crippen molar-refractivity contribution in [2.45, 2.75) is 49.9 Å². The van der Waals surface area contributed by atoms with Crippen LogP contribution in [0.15, 0.2) is 0 Å². The average molecular weight is 254 g/mol. The smallest absolute Gasteiger partial charge is 0.308 e. The van der Waals surface area contributed by atoms with E-state index in [1.165, 1.54) is 0 Å². The van der Waals surface area contributed by atoms with Crippen LogP contribution in [0.25, 0.3) is 0 Å². The lowest BCUT2D eigenvalue weighted by Gasteiger charge is -2.26. The summed E-state index contributed by atoms with van der Waals surface area (Å²) in [6.45, 7) is 0.446. The zero-order valence-corrected chi connectivity index (χ0v) is 10.1. The van der Waals surface area contributed by atoms with Crippen LogP contribution in [0.2, 0.25) is 0 Å². The topological polar surface area (TPSA) is 89.9 Å². The number of hydrogen-bond donors (Lipinski definition) is 3. The molecule has 0 aromatic heterocycles. The summed E-state index contributed by atoms with van der Waals surface area (Å²) in [4.78, 5) is 25.3. The number of rotatable bonds is 2. The molecule has 3 rings (SSSR count). The van der Waals surface area contributed by atoms with Gasteiger partial charge in [-0.15, -0.1) is 0 Å². The number of nitrogens with zero attached hydrogens (tertiary/aromatic N) is 1. The van der Waals surface area contributed by atoms with E-state index in [9.17, 15) is 14.7 Å². The summed E-state index contributed by atoms with van der Waals surface area (Å²) in [6.07, 6.45) is 2.26. The zero-order valence-electron chi connectivity index (χ0n) is 10.1. The first-order valence-electron chi connectivity index (χ1n) is 6.54. The van der Waals surface area contributed by atoms with Crippen LogP contribution in [0.3, 0.4) is 0 Å². The number of carbonyl (C=O) groups is 2. The average Bonchev–Trinajstić information content (AvgIpc) is 3.01. The van der Waals surface area contributed by atoms with E-state index in [1.54, 1.807) is 4.90 Å². The standard InChI is InChI=1S/C12H18N2O4/c15-7-4-9(13-5-7)11(16)14-6-1-2-10(14)8(3-6)12(17)18/h6-10,13,15H,1-5H2,(H,17,18). The SMILES string of the molecule is O=C(O)C1CC2CCC1N2C(=O)C1CC(O)CN1. The second-order valence-corrected chi connectivity index (χ2v) is 5.57. The fraction of sp³-hybridized carbons (Fsp3) is 0.833. The van der Waals surface area contributed by atoms with Gasteiger partial charge in [0.2, 0.25) is 5.91 Å². The largest absolute Gasteiger partial charge is 0.481 e. The maximum absolute atomic E-state index is 12.4. The number of amides is 1. The molecule has 0 aromatic carbocycles. The van der Waals surface area contributed by atoms with Crippen molar-refractivity contribution in [2.24, 2.45) is 5.92 Å². The maximum Gasteiger partial charge on any atom is 0.308 e. The molecule has 0 spiro atoms. The molecule has 0 aromatic rings. The van der Waals surface area contributed by atoms with Gasteiger partial charge < -0.3 is 20.4 Å². The molecule has 3 aliphatic heterocycles. The van der Waals surface area contributed by atoms with E-state index in [0.717, 1.165) is 12.8 Å². The van der Waals surface area contributed by atoms with Crippen molar-refractivity contribution < 1.29 is 19.8 Å². The van der Waals surface area contributed by atoms with Crippen molar-refractivity contribution in [1.82, 2.24) is 10.2 Å². The van der Waals surface area contributed by atoms with Gasteiger partial charge in [-0.1, -0.05) is 0 Å². The molecule has 3 N–H and O–H groups in total. The number of carbonyl (C=O) groups excluding carboxylic acids is 1. The van der Waals surface area contributed by atoms with Gasteiger partial charge in [0.05, 0.1) is 18.1 Å². The Morgan fingerprint density at radius 1 is 1.22 bits per heavy atom. The first-order valence-corrected chi connectivity index (χ1v) is 6.54. The van der Waals surface area contributed by atoms with Crippen LogP contribution in [0.4, 0.5) is 0 Å². The Labute approximate surface area is 105 Å². The van der Waals surface area contributed by atoms with Crippen LogP contribution in [0.1, 0.15) is 25.7 Å². The van der Waals surface area contributed by atoms with Gasteiger partial charge >= 0.3 is 5.97 Å². The summed E-state index contributed by atoms with van der Waals surface area (Å²) in [6, 6.07) is -0.390. The van der Waals surface area contributed by atoms with Crippen LogP contribution in [0.5, 0.6) is 0 Å². The van der Waals surface area contributed by atoms with Crippen molar-refractivity contribution >= 4 is 11.9 Å². The number of nitrogens with one attached hydrogen (secondary N) is 1. The van der Waals surface area contributed by atoms with Gasteiger partial charge in [0.15, 0.2) is 0 Å². The van der Waals surface area contributed by atoms with Crippen molar-refractivity contribution in [3.05, 3.63) is 0 Å². The Kier molecular flexibility index (Phi) is 2.79. The van der Waals surface area contributed by atoms with Gasteiger partial charge in [0, 0.05) is 18.6 Å². The number of carboxylic acids is 1. The van der Waals surface area contributed by atoms with Gasteiger partial charge in [-0.25, -0.2) is 0 Å². The summed E-state index contributed by atoms with van der Waals surface area (Å²) >= 11 is 0. The lowest BCUT2D eigenvalue weighted by Crippen LogP contribution is -2.46. The summed E-state index contributed by atoms with van der Waals surface area (Å²) in [5.41, 5.74) is 0. The number of aliphatic carboxylic acids is 1. The van der Waals surface area contributed by atoms with Crippen LogP contribution in [-0.2, 0) is 9.59 Å². The van der Waals surface area contributed by atoms with E-state index in [-0.39, 0.29) is 24.0 Å². The second-order valence-electron chi connectivity index (χ2n) is 5.57. The van der Waals surface area contributed by atoms with Gasteiger partial charge in [-0.3, -0.25) is 9.59 Å². The molecule has 0 radical (unpaired) electrons. The molecule has 6 heteroatoms. The molecule has 3 aliphatic rings. The quantitative estimate of drug-likeness (QED) is 0.598. The molecule has 6 nitrogen and oxygen atoms in total. The van der Waals surface area contributed by atoms with Crippen LogP contribution in [-0.4, -0.2) is 57.8 Å². The normalized spacial score (nSPS) is 42.5. The van der Waals surface area contributed by atoms with Crippen LogP contribution >= 0.6 is 0 Å². The van der Waals surface area contributed by atoms with Crippen molar-refractivity contribution in [2.75, 3.05) is 6.54 Å². The fourth-order valence-corrected chi connectivity index (χ4v) is 3.68. The highest BCUT2D eigenvalue weighted by atomic mass is 16.4. The predicted octanol–water partition coefficient (Wildman–Crippen LogP) is -0.827. The molecule has 2 bridgehead atoms. The highest BCUT2D eigenvalue weighted by molar-refractivity contribution is 5.85. The molecule has 100 valence electrons. The third-order valence-corrected chi connectivity index (χ3v) is 4.51. The fourth-order valence-electron chi connectivity index (χ4n) is 3.68. The van der Waals surface area contributed by atoms with E-state index < -0.39 is 18.0 Å². The van der Waals surface area contributed by atoms with Crippen LogP contribution < -0.4 is 5.32 Å². The Bertz CT molecular complexity index is 386. The van der Waals surface area contributed by atoms with Gasteiger partial charge in [0.1, 0.15) is 0 Å². The zero-order chi connectivity index (χ0) is 12.9. The summed E-state index contributed by atoms with van der Waals surface area (Å²) < 4.78 is 0. The summed E-state index contributed by atoms with van der Waals surface area (Å²) in [5, 5.41) is 21.6. The third kappa shape index (κ3) is 1.71. The number of fused-ring (bicyclic) bond motifs is 2. The first kappa shape index (κ1) is 11.9. The Hall–Kier alpha value is -1.14. The number of aliphatic hydroxyl groups excluding tert-OH is 1. The molecule has 3 heterocycles. The second kappa shape index (κ2) is 4.20. The number of β-amino-alcohol motifs (C(OH)–C–C–N with tert-alkyl or cyclic N) is 1. The molecule has 1 amide bonds. The highest BCUT2D eigenvalue weighted by Gasteiger charge is 2.52. The summed E-state index contributed by atoms with van der Waals surface area (Å²) in [7, 11) is 0. The predicted molar refractivity (Wildman–Crippen MR) is 61.8 cm³/mol. The summed E-state index contributed by atoms with van der Waals surface area (Å²) in [5.74, 6) is -1.22. The monoisotopic (exact) mass is 254 g/mol. The molecule has 0 saturated carbocycles. The van der Waals surface area contributed by atoms with E-state index in [0.29, 0.717) is 19.4 Å². The Morgan fingerprint density at radius 3 is 2.56 bits per heavy atom. The number of aliphatic hydroxyl groups is 1. The van der Waals surface area contributed by atoms with E-state index in [2.05, 4.69) is 5.32 Å². The Balaban J connectivity index is 1.73. The maximum atomic E-state index is 12.4. The molecule has 0 aliphatic carbocycles. The molecule has 5 unspecified atom stereocenters. The lowest BCUT2D eigenvalue weighted by molar-refractivity contribution is -0.143. The molecule has 3 fully saturated rings. The van der Waals surface area contributed by atoms with Gasteiger partial charge in [-0.05, 0) is 25.7 Å². The highest BCUT2D eigenvalue weighted by Crippen LogP contribution is 2.42. The first-order chi connectivity index (χ1) is 8.58. The minimum absolute atomic E-state index is 0.0252. The van der Waals surface area contributed by atoms with E-state index in [4.69, 9.17) is 5.11 Å². The van der Waals surface area contributed by atoms with Gasteiger partial charge in [0.25, 0.3) is 0 Å². The van der Waals surface area contributed by atoms with E-state index >= 15 is 0 Å². The molecule has 18 heavy (non-hydrogen) atoms. The molecular formula is C12H18N2O4. The molecule has 3 saturated heterocycles. The number of hydrogen-bond acceptors (Lipinski definition) is 4. The minimum atomic E-state index is -0.792. The number of carboxylic acid groups (broad SMARTS) is 1. The van der Waals surface area contributed by atoms with Crippen molar-refractivity contribution in [3.8, 4) is 0 Å². The van der Waals surface area contributed by atoms with E-state index in [1.807, 2.05) is 0 Å². The Morgan fingerprint density at radius 2 is 2.00 bits per heavy atom.